The van der Waals surface area contributed by atoms with Gasteiger partial charge in [0.25, 0.3) is 0 Å². The summed E-state index contributed by atoms with van der Waals surface area (Å²) in [4.78, 5) is 56.2. The number of nitrogens with one attached hydrogen (secondary N) is 4. The fourth-order valence-electron chi connectivity index (χ4n) is 7.30. The number of rotatable bonds is 11. The number of carbonyl (C=O) groups excluding carboxylic acids is 3. The summed E-state index contributed by atoms with van der Waals surface area (Å²) in [5.74, 6) is -2.15. The third-order valence-electron chi connectivity index (χ3n) is 10.5. The Morgan fingerprint density at radius 2 is 1.38 bits per heavy atom. The van der Waals surface area contributed by atoms with E-state index < -0.39 is 24.0 Å². The van der Waals surface area contributed by atoms with Crippen molar-refractivity contribution < 1.29 is 27.9 Å². The molecule has 0 bridgehead atoms. The summed E-state index contributed by atoms with van der Waals surface area (Å²) in [5, 5.41) is 5.75. The van der Waals surface area contributed by atoms with Crippen LogP contribution in [-0.4, -0.2) is 68.4 Å². The van der Waals surface area contributed by atoms with E-state index >= 15 is 0 Å². The Morgan fingerprint density at radius 1 is 0.811 bits per heavy atom. The number of aromatic nitrogens is 4. The highest BCUT2D eigenvalue weighted by Gasteiger charge is 2.39. The Bertz CT molecular complexity index is 1880. The van der Waals surface area contributed by atoms with Gasteiger partial charge in [-0.05, 0) is 59.8 Å². The molecule has 53 heavy (non-hydrogen) atoms. The molecule has 3 amide bonds. The third kappa shape index (κ3) is 8.60. The lowest BCUT2D eigenvalue weighted by Gasteiger charge is -2.30. The topological polar surface area (TPSA) is 145 Å². The second-order valence-corrected chi connectivity index (χ2v) is 14.9. The number of benzene rings is 2. The average Bonchev–Trinajstić information content (AvgIpc) is 3.94. The van der Waals surface area contributed by atoms with Crippen molar-refractivity contribution in [3.63, 3.8) is 0 Å². The van der Waals surface area contributed by atoms with Gasteiger partial charge >= 0.3 is 6.09 Å². The second-order valence-electron chi connectivity index (χ2n) is 14.9. The van der Waals surface area contributed by atoms with E-state index in [1.54, 1.807) is 17.3 Å². The van der Waals surface area contributed by atoms with Crippen LogP contribution in [0.4, 0.5) is 13.6 Å². The van der Waals surface area contributed by atoms with E-state index in [4.69, 9.17) is 4.74 Å². The maximum absolute atomic E-state index is 13.6. The minimum atomic E-state index is -2.68. The molecule has 282 valence electrons. The molecule has 2 aliphatic rings. The number of hydrogen-bond donors (Lipinski definition) is 4. The van der Waals surface area contributed by atoms with Gasteiger partial charge in [0.1, 0.15) is 17.7 Å². The molecule has 4 aromatic rings. The van der Waals surface area contributed by atoms with E-state index in [2.05, 4.69) is 42.7 Å². The van der Waals surface area contributed by atoms with Gasteiger partial charge in [-0.2, -0.15) is 0 Å². The SMILES string of the molecule is COC(=O)NC(C(=O)N1CCCC1c1ncc(-c2ccc(-c3ccc(-c4cnc(C(NC(=O)C5CCC(F)(F)CC5)C(C)C)[nH]4)cc3)cc2)[nH]1)C(C)C. The molecule has 2 fully saturated rings. The Balaban J connectivity index is 1.09. The first kappa shape index (κ1) is 37.7. The molecule has 4 N–H and O–H groups in total. The number of alkyl halides is 2. The number of H-pyrrole nitrogens is 2. The predicted molar refractivity (Wildman–Crippen MR) is 198 cm³/mol. The molecular formula is C40H49F2N7O4. The van der Waals surface area contributed by atoms with E-state index in [0.29, 0.717) is 18.2 Å². The Labute approximate surface area is 308 Å². The molecule has 3 heterocycles. The van der Waals surface area contributed by atoms with Crippen LogP contribution in [0.2, 0.25) is 0 Å². The molecule has 0 spiro atoms. The minimum absolute atomic E-state index is 0.0441. The zero-order valence-corrected chi connectivity index (χ0v) is 30.9. The minimum Gasteiger partial charge on any atom is -0.453 e. The van der Waals surface area contributed by atoms with Crippen LogP contribution in [0.25, 0.3) is 33.6 Å². The molecule has 1 aliphatic heterocycles. The van der Waals surface area contributed by atoms with Gasteiger partial charge in [0.15, 0.2) is 0 Å². The predicted octanol–water partition coefficient (Wildman–Crippen LogP) is 7.82. The number of alkyl carbamates (subject to hydrolysis) is 1. The van der Waals surface area contributed by atoms with Crippen molar-refractivity contribution in [2.24, 2.45) is 17.8 Å². The smallest absolute Gasteiger partial charge is 0.407 e. The summed E-state index contributed by atoms with van der Waals surface area (Å²) in [7, 11) is 1.28. The molecule has 3 atom stereocenters. The zero-order valence-electron chi connectivity index (χ0n) is 30.9. The van der Waals surface area contributed by atoms with Gasteiger partial charge in [-0.1, -0.05) is 76.2 Å². The zero-order chi connectivity index (χ0) is 37.9. The number of imidazole rings is 2. The van der Waals surface area contributed by atoms with Crippen LogP contribution in [0.5, 0.6) is 0 Å². The summed E-state index contributed by atoms with van der Waals surface area (Å²) in [6.07, 6.45) is 4.40. The normalized spacial score (nSPS) is 18.6. The number of amides is 3. The molecule has 1 saturated carbocycles. The number of methoxy groups -OCH3 is 1. The molecule has 11 nitrogen and oxygen atoms in total. The monoisotopic (exact) mass is 729 g/mol. The lowest BCUT2D eigenvalue weighted by atomic mass is 9.86. The molecule has 1 saturated heterocycles. The number of likely N-dealkylation sites (tertiary alicyclic amines) is 1. The molecule has 2 aromatic heterocycles. The standard InChI is InChI=1S/C40H49F2N7O4/c1-23(2)33(47-37(50)29-16-18-40(41,42)19-17-29)36-44-22-31(46-36)28-14-10-26(11-15-28)25-8-12-27(13-9-25)30-21-43-35(45-30)32-7-6-20-49(32)38(51)34(24(3)4)48-39(52)53-5/h8-15,21-24,29,32-34H,6-7,16-20H2,1-5H3,(H,43,45)(H,44,46)(H,47,50)(H,48,52). The van der Waals surface area contributed by atoms with Crippen LogP contribution in [0, 0.1) is 17.8 Å². The van der Waals surface area contributed by atoms with Crippen LogP contribution in [-0.2, 0) is 14.3 Å². The van der Waals surface area contributed by atoms with Gasteiger partial charge in [-0.25, -0.2) is 23.5 Å². The van der Waals surface area contributed by atoms with Crippen LogP contribution >= 0.6 is 0 Å². The van der Waals surface area contributed by atoms with Crippen molar-refractivity contribution in [1.29, 1.82) is 0 Å². The van der Waals surface area contributed by atoms with Crippen LogP contribution < -0.4 is 10.6 Å². The van der Waals surface area contributed by atoms with Crippen molar-refractivity contribution in [3.8, 4) is 33.6 Å². The number of hydrogen-bond acceptors (Lipinski definition) is 6. The number of carbonyl (C=O) groups is 3. The molecule has 1 aliphatic carbocycles. The first-order valence-corrected chi connectivity index (χ1v) is 18.5. The largest absolute Gasteiger partial charge is 0.453 e. The van der Waals surface area contributed by atoms with Crippen LogP contribution in [0.15, 0.2) is 60.9 Å². The van der Waals surface area contributed by atoms with Crippen molar-refractivity contribution >= 4 is 17.9 Å². The highest BCUT2D eigenvalue weighted by molar-refractivity contribution is 5.86. The molecule has 13 heteroatoms. The highest BCUT2D eigenvalue weighted by atomic mass is 19.3. The van der Waals surface area contributed by atoms with Crippen molar-refractivity contribution in [3.05, 3.63) is 72.6 Å². The van der Waals surface area contributed by atoms with Gasteiger partial charge in [-0.15, -0.1) is 0 Å². The van der Waals surface area contributed by atoms with E-state index in [9.17, 15) is 23.2 Å². The quantitative estimate of drug-likeness (QED) is 0.124. The number of aromatic amines is 2. The fourth-order valence-corrected chi connectivity index (χ4v) is 7.30. The highest BCUT2D eigenvalue weighted by Crippen LogP contribution is 2.37. The Kier molecular flexibility index (Phi) is 11.3. The number of nitrogens with zero attached hydrogens (tertiary/aromatic N) is 3. The number of ether oxygens (including phenoxy) is 1. The maximum Gasteiger partial charge on any atom is 0.407 e. The van der Waals surface area contributed by atoms with Gasteiger partial charge in [0, 0.05) is 25.3 Å². The van der Waals surface area contributed by atoms with Crippen molar-refractivity contribution in [1.82, 2.24) is 35.5 Å². The lowest BCUT2D eigenvalue weighted by molar-refractivity contribution is -0.135. The van der Waals surface area contributed by atoms with E-state index in [1.165, 1.54) is 7.11 Å². The van der Waals surface area contributed by atoms with Crippen LogP contribution in [0.1, 0.15) is 90.0 Å². The summed E-state index contributed by atoms with van der Waals surface area (Å²) < 4.78 is 32.0. The summed E-state index contributed by atoms with van der Waals surface area (Å²) in [5.41, 5.74) is 5.65. The maximum atomic E-state index is 13.6. The summed E-state index contributed by atoms with van der Waals surface area (Å²) >= 11 is 0. The van der Waals surface area contributed by atoms with Crippen molar-refractivity contribution in [2.75, 3.05) is 13.7 Å². The molecule has 2 aromatic carbocycles. The summed E-state index contributed by atoms with van der Waals surface area (Å²) in [6.45, 7) is 8.37. The van der Waals surface area contributed by atoms with Gasteiger partial charge in [0.2, 0.25) is 17.7 Å². The Hall–Kier alpha value is -5.07. The number of halogens is 2. The Morgan fingerprint density at radius 3 is 1.94 bits per heavy atom. The first-order chi connectivity index (χ1) is 25.3. The van der Waals surface area contributed by atoms with E-state index in [-0.39, 0.29) is 61.4 Å². The van der Waals surface area contributed by atoms with Crippen molar-refractivity contribution in [2.45, 2.75) is 90.3 Å². The molecular weight excluding hydrogens is 680 g/mol. The third-order valence-corrected chi connectivity index (χ3v) is 10.5. The van der Waals surface area contributed by atoms with Crippen LogP contribution in [0.3, 0.4) is 0 Å². The molecule has 6 rings (SSSR count). The molecule has 3 unspecified atom stereocenters. The van der Waals surface area contributed by atoms with Gasteiger partial charge < -0.3 is 30.2 Å². The summed E-state index contributed by atoms with van der Waals surface area (Å²) in [6, 6.07) is 15.0. The fraction of sp³-hybridized carbons (Fsp3) is 0.475. The lowest BCUT2D eigenvalue weighted by Crippen LogP contribution is -2.51. The average molecular weight is 730 g/mol. The van der Waals surface area contributed by atoms with Gasteiger partial charge in [-0.3, -0.25) is 9.59 Å². The first-order valence-electron chi connectivity index (χ1n) is 18.5. The van der Waals surface area contributed by atoms with E-state index in [1.807, 2.05) is 64.1 Å². The second kappa shape index (κ2) is 15.9. The van der Waals surface area contributed by atoms with Gasteiger partial charge in [0.05, 0.1) is 43.0 Å². The molecule has 0 radical (unpaired) electrons. The van der Waals surface area contributed by atoms with E-state index in [0.717, 1.165) is 46.5 Å².